The van der Waals surface area contributed by atoms with Gasteiger partial charge in [0.1, 0.15) is 0 Å². The van der Waals surface area contributed by atoms with E-state index in [4.69, 9.17) is 28.3 Å². The van der Waals surface area contributed by atoms with Gasteiger partial charge in [-0.05, 0) is 40.4 Å². The summed E-state index contributed by atoms with van der Waals surface area (Å²) in [6, 6.07) is 14.8. The summed E-state index contributed by atoms with van der Waals surface area (Å²) >= 11 is 11.7. The summed E-state index contributed by atoms with van der Waals surface area (Å²) < 4.78 is 0. The molecule has 1 aromatic heterocycles. The number of nitrogens with zero attached hydrogens (tertiary/aromatic N) is 3. The number of aromatic amines is 1. The number of hydrogen-bond donors (Lipinski definition) is 4. The number of aliphatic hydroxyl groups is 1. The zero-order valence-corrected chi connectivity index (χ0v) is 16.9. The van der Waals surface area contributed by atoms with Crippen molar-refractivity contribution >= 4 is 35.1 Å². The van der Waals surface area contributed by atoms with Crippen molar-refractivity contribution in [3.63, 3.8) is 0 Å². The van der Waals surface area contributed by atoms with Crippen LogP contribution < -0.4 is 5.43 Å². The van der Waals surface area contributed by atoms with Gasteiger partial charge in [0.2, 0.25) is 11.1 Å². The molecule has 9 nitrogen and oxygen atoms in total. The molecule has 2 aromatic carbocycles. The van der Waals surface area contributed by atoms with Crippen LogP contribution >= 0.6 is 23.2 Å². The molecule has 0 bridgehead atoms. The van der Waals surface area contributed by atoms with Crippen molar-refractivity contribution in [2.75, 3.05) is 6.54 Å². The molecule has 0 saturated heterocycles. The standard InChI is InChI=1S/C19H17Cl2N5O4/c20-14-3-1-2-13(8-14)12-6-4-11(5-7-12)9-26(10-15(27)18(29)30)25-17(28)16-22-19(21)24-23-16/h1-8,15,27H,9-10H2,(H,25,28)(H,29,30)(H,22,23,24)/t15-/m1/s1. The Hall–Kier alpha value is -2.98. The maximum absolute atomic E-state index is 12.3. The monoisotopic (exact) mass is 449 g/mol. The van der Waals surface area contributed by atoms with Crippen LogP contribution in [0.25, 0.3) is 11.1 Å². The van der Waals surface area contributed by atoms with Crippen molar-refractivity contribution in [1.29, 1.82) is 0 Å². The van der Waals surface area contributed by atoms with E-state index in [1.165, 1.54) is 5.01 Å². The van der Waals surface area contributed by atoms with Crippen LogP contribution in [0.15, 0.2) is 48.5 Å². The third-order valence-corrected chi connectivity index (χ3v) is 4.49. The van der Waals surface area contributed by atoms with E-state index in [1.807, 2.05) is 42.5 Å². The largest absolute Gasteiger partial charge is 0.479 e. The van der Waals surface area contributed by atoms with Gasteiger partial charge in [-0.15, -0.1) is 5.10 Å². The average Bonchev–Trinajstić information content (AvgIpc) is 3.15. The van der Waals surface area contributed by atoms with Crippen LogP contribution in [0.2, 0.25) is 10.3 Å². The number of carboxylic acids is 1. The molecule has 0 fully saturated rings. The fourth-order valence-corrected chi connectivity index (χ4v) is 2.98. The second kappa shape index (κ2) is 9.68. The fourth-order valence-electron chi connectivity index (χ4n) is 2.66. The molecule has 0 unspecified atom stereocenters. The number of carbonyl (C=O) groups excluding carboxylic acids is 1. The van der Waals surface area contributed by atoms with Crippen molar-refractivity contribution in [2.45, 2.75) is 12.6 Å². The van der Waals surface area contributed by atoms with Crippen LogP contribution in [0.4, 0.5) is 0 Å². The number of hydrogen-bond acceptors (Lipinski definition) is 6. The lowest BCUT2D eigenvalue weighted by molar-refractivity contribution is -0.148. The van der Waals surface area contributed by atoms with E-state index in [2.05, 4.69) is 20.6 Å². The number of H-pyrrole nitrogens is 1. The lowest BCUT2D eigenvalue weighted by Gasteiger charge is -2.24. The number of aliphatic carboxylic acids is 1. The third-order valence-electron chi connectivity index (χ3n) is 4.08. The van der Waals surface area contributed by atoms with Gasteiger partial charge >= 0.3 is 11.9 Å². The predicted octanol–water partition coefficient (Wildman–Crippen LogP) is 2.37. The fraction of sp³-hybridized carbons (Fsp3) is 0.158. The first-order valence-corrected chi connectivity index (χ1v) is 9.47. The molecular formula is C19H17Cl2N5O4. The molecule has 156 valence electrons. The van der Waals surface area contributed by atoms with Crippen LogP contribution in [-0.4, -0.2) is 54.9 Å². The quantitative estimate of drug-likeness (QED) is 0.388. The SMILES string of the molecule is O=C(NN(Cc1ccc(-c2cccc(Cl)c2)cc1)C[C@@H](O)C(=O)O)c1n[nH]c(Cl)n1. The summed E-state index contributed by atoms with van der Waals surface area (Å²) in [6.07, 6.45) is -1.70. The molecule has 0 aliphatic heterocycles. The zero-order valence-electron chi connectivity index (χ0n) is 15.4. The Kier molecular flexibility index (Phi) is 7.01. The van der Waals surface area contributed by atoms with Crippen molar-refractivity contribution in [3.05, 3.63) is 70.2 Å². The lowest BCUT2D eigenvalue weighted by Crippen LogP contribution is -2.47. The molecule has 4 N–H and O–H groups in total. The zero-order chi connectivity index (χ0) is 21.7. The Morgan fingerprint density at radius 3 is 2.47 bits per heavy atom. The number of aromatic nitrogens is 3. The molecule has 0 aliphatic carbocycles. The number of amides is 1. The van der Waals surface area contributed by atoms with Gasteiger partial charge in [0.25, 0.3) is 0 Å². The van der Waals surface area contributed by atoms with E-state index in [0.717, 1.165) is 16.7 Å². The third kappa shape index (κ3) is 5.77. The average molecular weight is 450 g/mol. The Bertz CT molecular complexity index is 1040. The smallest absolute Gasteiger partial charge is 0.333 e. The second-order valence-electron chi connectivity index (χ2n) is 6.33. The van der Waals surface area contributed by atoms with Crippen LogP contribution in [0.3, 0.4) is 0 Å². The summed E-state index contributed by atoms with van der Waals surface area (Å²) in [4.78, 5) is 27.0. The number of nitrogens with one attached hydrogen (secondary N) is 2. The molecular weight excluding hydrogens is 433 g/mol. The molecule has 11 heteroatoms. The maximum atomic E-state index is 12.3. The Morgan fingerprint density at radius 2 is 1.87 bits per heavy atom. The molecule has 1 amide bonds. The van der Waals surface area contributed by atoms with Crippen molar-refractivity contribution < 1.29 is 19.8 Å². The Labute approximate surface area is 181 Å². The highest BCUT2D eigenvalue weighted by Crippen LogP contribution is 2.23. The number of halogens is 2. The predicted molar refractivity (Wildman–Crippen MR) is 110 cm³/mol. The minimum absolute atomic E-state index is 0.0612. The van der Waals surface area contributed by atoms with Gasteiger partial charge < -0.3 is 10.2 Å². The number of hydrazine groups is 1. The summed E-state index contributed by atoms with van der Waals surface area (Å²) in [5, 5.41) is 26.5. The first kappa shape index (κ1) is 21.7. The molecule has 1 atom stereocenters. The Morgan fingerprint density at radius 1 is 1.13 bits per heavy atom. The normalized spacial score (nSPS) is 12.0. The highest BCUT2D eigenvalue weighted by atomic mass is 35.5. The minimum Gasteiger partial charge on any atom is -0.479 e. The van der Waals surface area contributed by atoms with E-state index in [-0.39, 0.29) is 24.2 Å². The number of carboxylic acid groups (broad SMARTS) is 1. The highest BCUT2D eigenvalue weighted by molar-refractivity contribution is 6.30. The van der Waals surface area contributed by atoms with E-state index in [1.54, 1.807) is 6.07 Å². The Balaban J connectivity index is 1.74. The van der Waals surface area contributed by atoms with Gasteiger partial charge in [-0.1, -0.05) is 48.0 Å². The summed E-state index contributed by atoms with van der Waals surface area (Å²) in [5.41, 5.74) is 5.14. The van der Waals surface area contributed by atoms with Crippen LogP contribution in [0.1, 0.15) is 16.2 Å². The van der Waals surface area contributed by atoms with Gasteiger partial charge in [-0.25, -0.2) is 14.9 Å². The van der Waals surface area contributed by atoms with Gasteiger partial charge in [-0.3, -0.25) is 10.2 Å². The molecule has 30 heavy (non-hydrogen) atoms. The van der Waals surface area contributed by atoms with Crippen LogP contribution in [0.5, 0.6) is 0 Å². The first-order valence-electron chi connectivity index (χ1n) is 8.71. The van der Waals surface area contributed by atoms with E-state index >= 15 is 0 Å². The van der Waals surface area contributed by atoms with E-state index < -0.39 is 18.0 Å². The van der Waals surface area contributed by atoms with Crippen LogP contribution in [0, 0.1) is 0 Å². The molecule has 0 saturated carbocycles. The van der Waals surface area contributed by atoms with Gasteiger partial charge in [0.15, 0.2) is 6.10 Å². The summed E-state index contributed by atoms with van der Waals surface area (Å²) in [7, 11) is 0. The second-order valence-corrected chi connectivity index (χ2v) is 7.13. The summed E-state index contributed by atoms with van der Waals surface area (Å²) in [6.45, 7) is -0.223. The molecule has 0 spiro atoms. The van der Waals surface area contributed by atoms with Crippen molar-refractivity contribution in [3.8, 4) is 11.1 Å². The van der Waals surface area contributed by atoms with Gasteiger partial charge in [0, 0.05) is 11.6 Å². The van der Waals surface area contributed by atoms with E-state index in [0.29, 0.717) is 5.02 Å². The maximum Gasteiger partial charge on any atom is 0.333 e. The molecule has 3 rings (SSSR count). The van der Waals surface area contributed by atoms with Gasteiger partial charge in [-0.2, -0.15) is 4.98 Å². The van der Waals surface area contributed by atoms with Gasteiger partial charge in [0.05, 0.1) is 6.54 Å². The topological polar surface area (TPSA) is 131 Å². The number of rotatable bonds is 8. The summed E-state index contributed by atoms with van der Waals surface area (Å²) in [5.74, 6) is -2.33. The molecule has 0 aliphatic rings. The van der Waals surface area contributed by atoms with Crippen LogP contribution in [-0.2, 0) is 11.3 Å². The molecule has 3 aromatic rings. The highest BCUT2D eigenvalue weighted by Gasteiger charge is 2.22. The molecule has 1 heterocycles. The van der Waals surface area contributed by atoms with Crippen molar-refractivity contribution in [2.24, 2.45) is 0 Å². The minimum atomic E-state index is -1.70. The molecule has 0 radical (unpaired) electrons. The number of aliphatic hydroxyl groups excluding tert-OH is 1. The number of carbonyl (C=O) groups is 2. The number of benzene rings is 2. The van der Waals surface area contributed by atoms with E-state index in [9.17, 15) is 14.7 Å². The lowest BCUT2D eigenvalue weighted by atomic mass is 10.0. The van der Waals surface area contributed by atoms with Crippen molar-refractivity contribution in [1.82, 2.24) is 25.6 Å². The first-order chi connectivity index (χ1) is 14.3.